The molecule has 6 heteroatoms. The molecule has 2 aromatic heterocycles. The fourth-order valence-electron chi connectivity index (χ4n) is 2.95. The van der Waals surface area contributed by atoms with Gasteiger partial charge in [0.05, 0.1) is 21.5 Å². The molecule has 134 valence electrons. The second kappa shape index (κ2) is 6.72. The van der Waals surface area contributed by atoms with Crippen LogP contribution in [0, 0.1) is 6.92 Å². The van der Waals surface area contributed by atoms with Gasteiger partial charge in [0.2, 0.25) is 0 Å². The molecule has 0 atom stereocenters. The molecule has 0 aliphatic heterocycles. The molecule has 0 saturated heterocycles. The number of aryl methyl sites for hydroxylation is 1. The molecule has 0 radical (unpaired) electrons. The highest BCUT2D eigenvalue weighted by Gasteiger charge is 2.15. The van der Waals surface area contributed by atoms with Crippen molar-refractivity contribution in [1.82, 2.24) is 4.98 Å². The number of furan rings is 1. The topological polar surface area (TPSA) is 66.2 Å². The average molecular weight is 397 g/mol. The number of carbonyl (C=O) groups excluding carboxylic acids is 1. The predicted octanol–water partition coefficient (Wildman–Crippen LogP) is 5.14. The van der Waals surface area contributed by atoms with E-state index < -0.39 is 5.97 Å². The monoisotopic (exact) mass is 396 g/mol. The lowest BCUT2D eigenvalue weighted by atomic mass is 10.0. The van der Waals surface area contributed by atoms with E-state index in [2.05, 4.69) is 4.98 Å². The molecule has 0 bridgehead atoms. The van der Waals surface area contributed by atoms with Gasteiger partial charge in [-0.05, 0) is 49.4 Å². The minimum Gasteiger partial charge on any atom is -0.545 e. The van der Waals surface area contributed by atoms with Gasteiger partial charge in [0.25, 0.3) is 0 Å². The Kier molecular flexibility index (Phi) is 4.38. The molecule has 0 spiro atoms. The summed E-state index contributed by atoms with van der Waals surface area (Å²) in [4.78, 5) is 16.1. The van der Waals surface area contributed by atoms with Gasteiger partial charge in [-0.1, -0.05) is 40.9 Å². The van der Waals surface area contributed by atoms with Crippen LogP contribution >= 0.6 is 23.2 Å². The zero-order chi connectivity index (χ0) is 19.1. The smallest absolute Gasteiger partial charge is 0.153 e. The summed E-state index contributed by atoms with van der Waals surface area (Å²) in [6.07, 6.45) is 0. The lowest BCUT2D eigenvalue weighted by molar-refractivity contribution is -0.254. The van der Waals surface area contributed by atoms with E-state index in [-0.39, 0.29) is 5.56 Å². The van der Waals surface area contributed by atoms with Crippen LogP contribution in [-0.4, -0.2) is 11.0 Å². The maximum atomic E-state index is 11.6. The van der Waals surface area contributed by atoms with Crippen molar-refractivity contribution < 1.29 is 14.3 Å². The quantitative estimate of drug-likeness (QED) is 0.480. The van der Waals surface area contributed by atoms with Crippen LogP contribution < -0.4 is 5.11 Å². The molecule has 0 fully saturated rings. The first kappa shape index (κ1) is 17.6. The van der Waals surface area contributed by atoms with Gasteiger partial charge in [-0.3, -0.25) is 0 Å². The summed E-state index contributed by atoms with van der Waals surface area (Å²) in [5, 5.41) is 13.0. The summed E-state index contributed by atoms with van der Waals surface area (Å²) in [7, 11) is 0. The lowest BCUT2D eigenvalue weighted by Gasteiger charge is -2.10. The van der Waals surface area contributed by atoms with E-state index in [1.807, 2.05) is 13.0 Å². The predicted molar refractivity (Wildman–Crippen MR) is 104 cm³/mol. The molecule has 0 aliphatic rings. The first-order valence-corrected chi connectivity index (χ1v) is 8.87. The maximum Gasteiger partial charge on any atom is 0.153 e. The fraction of sp³-hybridized carbons (Fsp3) is 0.0476. The molecule has 2 heterocycles. The summed E-state index contributed by atoms with van der Waals surface area (Å²) in [6, 6.07) is 15.6. The Morgan fingerprint density at radius 3 is 2.59 bits per heavy atom. The average Bonchev–Trinajstić information content (AvgIpc) is 3.13. The van der Waals surface area contributed by atoms with Crippen molar-refractivity contribution >= 4 is 40.1 Å². The van der Waals surface area contributed by atoms with E-state index >= 15 is 0 Å². The van der Waals surface area contributed by atoms with Crippen molar-refractivity contribution in [3.8, 4) is 22.8 Å². The normalized spacial score (nSPS) is 11.1. The zero-order valence-corrected chi connectivity index (χ0v) is 15.6. The Hall–Kier alpha value is -2.82. The van der Waals surface area contributed by atoms with Crippen LogP contribution in [0.3, 0.4) is 0 Å². The van der Waals surface area contributed by atoms with Gasteiger partial charge >= 0.3 is 0 Å². The Bertz CT molecular complexity index is 1200. The number of aromatic carboxylic acids is 1. The molecule has 0 N–H and O–H groups in total. The SMILES string of the molecule is Cc1ccc2nc(-c3ccc(-c4cccc(Cl)c4Cl)o3)cc(C(=O)[O-])c2c1. The molecule has 4 aromatic rings. The number of aromatic nitrogens is 1. The maximum absolute atomic E-state index is 11.6. The second-order valence-electron chi connectivity index (χ2n) is 6.13. The molecule has 0 aliphatic carbocycles. The van der Waals surface area contributed by atoms with Crippen LogP contribution in [0.15, 0.2) is 59.0 Å². The van der Waals surface area contributed by atoms with E-state index in [0.717, 1.165) is 5.56 Å². The molecule has 4 rings (SSSR count). The van der Waals surface area contributed by atoms with Crippen LogP contribution in [-0.2, 0) is 0 Å². The molecule has 4 nitrogen and oxygen atoms in total. The highest BCUT2D eigenvalue weighted by atomic mass is 35.5. The standard InChI is InChI=1S/C21H13Cl2NO3/c1-11-5-6-16-13(9-11)14(21(25)26)10-17(24-16)19-8-7-18(27-19)12-3-2-4-15(22)20(12)23/h2-10H,1H3,(H,25,26)/p-1. The van der Waals surface area contributed by atoms with Crippen LogP contribution in [0.25, 0.3) is 33.7 Å². The number of pyridine rings is 1. The number of carboxylic acid groups (broad SMARTS) is 1. The number of hydrogen-bond acceptors (Lipinski definition) is 4. The van der Waals surface area contributed by atoms with Crippen LogP contribution in [0.2, 0.25) is 10.0 Å². The Balaban J connectivity index is 1.86. The minimum atomic E-state index is -1.26. The fourth-order valence-corrected chi connectivity index (χ4v) is 3.34. The summed E-state index contributed by atoms with van der Waals surface area (Å²) >= 11 is 12.3. The molecule has 27 heavy (non-hydrogen) atoms. The summed E-state index contributed by atoms with van der Waals surface area (Å²) in [6.45, 7) is 1.89. The minimum absolute atomic E-state index is 0.0671. The van der Waals surface area contributed by atoms with Gasteiger partial charge in [0, 0.05) is 16.5 Å². The molecular weight excluding hydrogens is 385 g/mol. The van der Waals surface area contributed by atoms with Gasteiger partial charge in [-0.2, -0.15) is 0 Å². The van der Waals surface area contributed by atoms with Gasteiger partial charge in [0.1, 0.15) is 11.5 Å². The first-order valence-electron chi connectivity index (χ1n) is 8.11. The summed E-state index contributed by atoms with van der Waals surface area (Å²) in [5.74, 6) is -0.330. The Morgan fingerprint density at radius 2 is 1.81 bits per heavy atom. The van der Waals surface area contributed by atoms with Crippen molar-refractivity contribution in [2.24, 2.45) is 0 Å². The third-order valence-electron chi connectivity index (χ3n) is 4.26. The highest BCUT2D eigenvalue weighted by Crippen LogP contribution is 2.36. The zero-order valence-electron chi connectivity index (χ0n) is 14.1. The number of nitrogens with zero attached hydrogens (tertiary/aromatic N) is 1. The first-order chi connectivity index (χ1) is 12.9. The number of carboxylic acids is 1. The third-order valence-corrected chi connectivity index (χ3v) is 5.08. The molecule has 0 saturated carbocycles. The molecule has 2 aromatic carbocycles. The summed E-state index contributed by atoms with van der Waals surface area (Å²) < 4.78 is 5.88. The van der Waals surface area contributed by atoms with Crippen molar-refractivity contribution in [1.29, 1.82) is 0 Å². The number of halogens is 2. The number of fused-ring (bicyclic) bond motifs is 1. The van der Waals surface area contributed by atoms with E-state index in [0.29, 0.717) is 43.7 Å². The van der Waals surface area contributed by atoms with Crippen LogP contribution in [0.4, 0.5) is 0 Å². The number of benzene rings is 2. The Labute approximate surface area is 165 Å². The van der Waals surface area contributed by atoms with E-state index in [9.17, 15) is 9.90 Å². The van der Waals surface area contributed by atoms with E-state index in [1.54, 1.807) is 42.5 Å². The molecular formula is C21H12Cl2NO3-. The van der Waals surface area contributed by atoms with Crippen LogP contribution in [0.5, 0.6) is 0 Å². The molecule has 0 amide bonds. The number of rotatable bonds is 3. The van der Waals surface area contributed by atoms with Crippen LogP contribution in [0.1, 0.15) is 15.9 Å². The number of carbonyl (C=O) groups is 1. The van der Waals surface area contributed by atoms with Gasteiger partial charge in [0.15, 0.2) is 5.76 Å². The lowest BCUT2D eigenvalue weighted by Crippen LogP contribution is -2.22. The van der Waals surface area contributed by atoms with Crippen molar-refractivity contribution in [3.05, 3.63) is 75.8 Å². The highest BCUT2D eigenvalue weighted by molar-refractivity contribution is 6.43. The van der Waals surface area contributed by atoms with Gasteiger partial charge in [-0.15, -0.1) is 0 Å². The van der Waals surface area contributed by atoms with E-state index in [4.69, 9.17) is 27.6 Å². The molecule has 0 unspecified atom stereocenters. The van der Waals surface area contributed by atoms with Crippen molar-refractivity contribution in [2.45, 2.75) is 6.92 Å². The third kappa shape index (κ3) is 3.18. The van der Waals surface area contributed by atoms with Crippen molar-refractivity contribution in [3.63, 3.8) is 0 Å². The van der Waals surface area contributed by atoms with Gasteiger partial charge in [-0.25, -0.2) is 4.98 Å². The van der Waals surface area contributed by atoms with Gasteiger partial charge < -0.3 is 14.3 Å². The van der Waals surface area contributed by atoms with E-state index in [1.165, 1.54) is 6.07 Å². The largest absolute Gasteiger partial charge is 0.545 e. The summed E-state index contributed by atoms with van der Waals surface area (Å²) in [5.41, 5.74) is 2.60. The second-order valence-corrected chi connectivity index (χ2v) is 6.91. The Morgan fingerprint density at radius 1 is 1.04 bits per heavy atom. The van der Waals surface area contributed by atoms with Crippen molar-refractivity contribution in [2.75, 3.05) is 0 Å². The number of hydrogen-bond donors (Lipinski definition) is 0.